The summed E-state index contributed by atoms with van der Waals surface area (Å²) in [5.41, 5.74) is -0.435. The molecule has 1 aromatic heterocycles. The second-order valence-corrected chi connectivity index (χ2v) is 4.84. The van der Waals surface area contributed by atoms with Crippen molar-refractivity contribution in [1.82, 2.24) is 9.55 Å². The third-order valence-corrected chi connectivity index (χ3v) is 3.20. The number of aromatic amines is 1. The zero-order chi connectivity index (χ0) is 13.3. The summed E-state index contributed by atoms with van der Waals surface area (Å²) in [6, 6.07) is 4.03. The topological polar surface area (TPSA) is 54.9 Å². The van der Waals surface area contributed by atoms with Gasteiger partial charge in [0.2, 0.25) is 0 Å². The van der Waals surface area contributed by atoms with Crippen LogP contribution in [0.4, 0.5) is 4.39 Å². The summed E-state index contributed by atoms with van der Waals surface area (Å²) in [6.07, 6.45) is 1.28. The first-order valence-corrected chi connectivity index (χ1v) is 6.08. The maximum atomic E-state index is 13.0. The van der Waals surface area contributed by atoms with Gasteiger partial charge in [-0.2, -0.15) is 0 Å². The number of benzene rings is 1. The standard InChI is InChI=1S/C11H7BrClFN2O2/c12-7-4-15-11(18)16(10(7)17)5-6-1-2-9(14)8(13)3-6/h1-4H,5H2,(H,15,18). The van der Waals surface area contributed by atoms with Gasteiger partial charge in [0.05, 0.1) is 16.0 Å². The molecule has 2 aromatic rings. The van der Waals surface area contributed by atoms with Crippen molar-refractivity contribution >= 4 is 27.5 Å². The highest BCUT2D eigenvalue weighted by molar-refractivity contribution is 9.10. The van der Waals surface area contributed by atoms with Crippen molar-refractivity contribution in [2.75, 3.05) is 0 Å². The van der Waals surface area contributed by atoms with Crippen LogP contribution in [0.25, 0.3) is 0 Å². The average molecular weight is 334 g/mol. The predicted molar refractivity (Wildman–Crippen MR) is 69.5 cm³/mol. The van der Waals surface area contributed by atoms with Gasteiger partial charge in [0.25, 0.3) is 5.56 Å². The lowest BCUT2D eigenvalue weighted by molar-refractivity contribution is 0.625. The Kier molecular flexibility index (Phi) is 3.68. The second kappa shape index (κ2) is 5.07. The number of halogens is 3. The van der Waals surface area contributed by atoms with Gasteiger partial charge in [-0.3, -0.25) is 9.36 Å². The van der Waals surface area contributed by atoms with Crippen LogP contribution in [0.2, 0.25) is 5.02 Å². The van der Waals surface area contributed by atoms with E-state index < -0.39 is 17.1 Å². The molecule has 7 heteroatoms. The zero-order valence-corrected chi connectivity index (χ0v) is 11.3. The molecule has 0 aliphatic heterocycles. The van der Waals surface area contributed by atoms with E-state index in [0.29, 0.717) is 5.56 Å². The smallest absolute Gasteiger partial charge is 0.313 e. The van der Waals surface area contributed by atoms with Crippen molar-refractivity contribution < 1.29 is 4.39 Å². The van der Waals surface area contributed by atoms with Crippen LogP contribution in [0.1, 0.15) is 5.56 Å². The molecular weight excluding hydrogens is 326 g/mol. The van der Waals surface area contributed by atoms with Crippen molar-refractivity contribution in [2.24, 2.45) is 0 Å². The molecule has 0 radical (unpaired) electrons. The van der Waals surface area contributed by atoms with Gasteiger partial charge in [0, 0.05) is 6.20 Å². The van der Waals surface area contributed by atoms with Gasteiger partial charge in [0.15, 0.2) is 0 Å². The number of aromatic nitrogens is 2. The van der Waals surface area contributed by atoms with Gasteiger partial charge in [-0.1, -0.05) is 17.7 Å². The van der Waals surface area contributed by atoms with Gasteiger partial charge < -0.3 is 4.98 Å². The van der Waals surface area contributed by atoms with Crippen LogP contribution in [0, 0.1) is 5.82 Å². The van der Waals surface area contributed by atoms with Crippen LogP contribution in [-0.4, -0.2) is 9.55 Å². The zero-order valence-electron chi connectivity index (χ0n) is 8.91. The summed E-state index contributed by atoms with van der Waals surface area (Å²) in [5, 5.41) is -0.0491. The molecule has 0 unspecified atom stereocenters. The van der Waals surface area contributed by atoms with Crippen molar-refractivity contribution in [3.63, 3.8) is 0 Å². The van der Waals surface area contributed by atoms with Crippen LogP contribution < -0.4 is 11.2 Å². The van der Waals surface area contributed by atoms with Crippen molar-refractivity contribution in [3.05, 3.63) is 66.1 Å². The summed E-state index contributed by atoms with van der Waals surface area (Å²) < 4.78 is 14.2. The van der Waals surface area contributed by atoms with Crippen molar-refractivity contribution in [1.29, 1.82) is 0 Å². The molecule has 0 atom stereocenters. The Bertz CT molecular complexity index is 711. The highest BCUT2D eigenvalue weighted by Crippen LogP contribution is 2.16. The fourth-order valence-corrected chi connectivity index (χ4v) is 1.98. The molecule has 0 saturated heterocycles. The number of hydrogen-bond acceptors (Lipinski definition) is 2. The van der Waals surface area contributed by atoms with E-state index >= 15 is 0 Å². The van der Waals surface area contributed by atoms with Crippen LogP contribution in [0.5, 0.6) is 0 Å². The van der Waals surface area contributed by atoms with E-state index in [1.807, 2.05) is 0 Å². The normalized spacial score (nSPS) is 10.6. The fourth-order valence-electron chi connectivity index (χ4n) is 1.45. The number of rotatable bonds is 2. The van der Waals surface area contributed by atoms with E-state index in [0.717, 1.165) is 4.57 Å². The Morgan fingerprint density at radius 1 is 1.39 bits per heavy atom. The molecule has 0 bridgehead atoms. The number of nitrogens with one attached hydrogen (secondary N) is 1. The molecular formula is C11H7BrClFN2O2. The molecule has 0 aliphatic rings. The SMILES string of the molecule is O=c1[nH]cc(Br)c(=O)n1Cc1ccc(F)c(Cl)c1. The summed E-state index contributed by atoms with van der Waals surface area (Å²) in [4.78, 5) is 25.7. The van der Waals surface area contributed by atoms with E-state index in [1.165, 1.54) is 24.4 Å². The number of H-pyrrole nitrogens is 1. The molecule has 2 rings (SSSR count). The minimum Gasteiger partial charge on any atom is -0.313 e. The quantitative estimate of drug-likeness (QED) is 0.915. The molecule has 0 amide bonds. The summed E-state index contributed by atoms with van der Waals surface area (Å²) in [5.74, 6) is -0.545. The van der Waals surface area contributed by atoms with E-state index in [1.54, 1.807) is 0 Å². The maximum absolute atomic E-state index is 13.0. The molecule has 0 spiro atoms. The summed E-state index contributed by atoms with van der Waals surface area (Å²) in [6.45, 7) is 0.0214. The van der Waals surface area contributed by atoms with Gasteiger partial charge in [0.1, 0.15) is 5.82 Å². The Morgan fingerprint density at radius 2 is 2.11 bits per heavy atom. The monoisotopic (exact) mass is 332 g/mol. The Balaban J connectivity index is 2.46. The Hall–Kier alpha value is -1.40. The maximum Gasteiger partial charge on any atom is 0.328 e. The van der Waals surface area contributed by atoms with E-state index in [4.69, 9.17) is 11.6 Å². The van der Waals surface area contributed by atoms with E-state index in [-0.39, 0.29) is 16.0 Å². The highest BCUT2D eigenvalue weighted by Gasteiger charge is 2.07. The predicted octanol–water partition coefficient (Wildman–Crippen LogP) is 2.14. The third kappa shape index (κ3) is 2.54. The van der Waals surface area contributed by atoms with Crippen LogP contribution in [-0.2, 0) is 6.54 Å². The molecule has 4 nitrogen and oxygen atoms in total. The lowest BCUT2D eigenvalue weighted by Gasteiger charge is -2.05. The third-order valence-electron chi connectivity index (χ3n) is 2.34. The molecule has 0 saturated carbocycles. The molecule has 1 N–H and O–H groups in total. The van der Waals surface area contributed by atoms with Crippen molar-refractivity contribution in [3.8, 4) is 0 Å². The first-order valence-electron chi connectivity index (χ1n) is 4.91. The Labute approximate surface area is 114 Å². The van der Waals surface area contributed by atoms with E-state index in [2.05, 4.69) is 20.9 Å². The van der Waals surface area contributed by atoms with Gasteiger partial charge >= 0.3 is 5.69 Å². The van der Waals surface area contributed by atoms with Crippen LogP contribution in [0.3, 0.4) is 0 Å². The second-order valence-electron chi connectivity index (χ2n) is 3.58. The lowest BCUT2D eigenvalue weighted by Crippen LogP contribution is -2.35. The fraction of sp³-hybridized carbons (Fsp3) is 0.0909. The van der Waals surface area contributed by atoms with Gasteiger partial charge in [-0.25, -0.2) is 9.18 Å². The minimum absolute atomic E-state index is 0.0214. The summed E-state index contributed by atoms with van der Waals surface area (Å²) >= 11 is 8.66. The molecule has 18 heavy (non-hydrogen) atoms. The number of hydrogen-bond donors (Lipinski definition) is 1. The Morgan fingerprint density at radius 3 is 2.78 bits per heavy atom. The van der Waals surface area contributed by atoms with Gasteiger partial charge in [-0.05, 0) is 33.6 Å². The van der Waals surface area contributed by atoms with E-state index in [9.17, 15) is 14.0 Å². The first-order chi connectivity index (χ1) is 8.49. The van der Waals surface area contributed by atoms with Crippen LogP contribution >= 0.6 is 27.5 Å². The molecule has 94 valence electrons. The summed E-state index contributed by atoms with van der Waals surface area (Å²) in [7, 11) is 0. The highest BCUT2D eigenvalue weighted by atomic mass is 79.9. The van der Waals surface area contributed by atoms with Crippen molar-refractivity contribution in [2.45, 2.75) is 6.54 Å². The van der Waals surface area contributed by atoms with Crippen LogP contribution in [0.15, 0.2) is 38.5 Å². The van der Waals surface area contributed by atoms with Gasteiger partial charge in [-0.15, -0.1) is 0 Å². The lowest BCUT2D eigenvalue weighted by atomic mass is 10.2. The average Bonchev–Trinajstić information content (AvgIpc) is 2.34. The minimum atomic E-state index is -0.545. The molecule has 0 fully saturated rings. The first kappa shape index (κ1) is 13.0. The number of nitrogens with zero attached hydrogens (tertiary/aromatic N) is 1. The molecule has 0 aliphatic carbocycles. The largest absolute Gasteiger partial charge is 0.328 e. The molecule has 1 aromatic carbocycles. The molecule has 1 heterocycles.